The molecule has 5 heteroatoms. The van der Waals surface area contributed by atoms with Gasteiger partial charge in [-0.15, -0.1) is 0 Å². The average Bonchev–Trinajstić information content (AvgIpc) is 2.41. The van der Waals surface area contributed by atoms with Crippen LogP contribution in [0.1, 0.15) is 35.2 Å². The van der Waals surface area contributed by atoms with Crippen molar-refractivity contribution in [2.75, 3.05) is 13.2 Å². The molecule has 1 fully saturated rings. The standard InChI is InChI=1S/C14H17FO4/c15-11-5-4-10(13(7-11)14(16)17)8-18-9-12-3-1-2-6-19-12/h4-5,7,12H,1-3,6,8-9H2,(H,16,17). The molecule has 1 aliphatic heterocycles. The Hall–Kier alpha value is -1.46. The molecule has 1 unspecified atom stereocenters. The lowest BCUT2D eigenvalue weighted by Crippen LogP contribution is -2.24. The lowest BCUT2D eigenvalue weighted by molar-refractivity contribution is -0.0448. The molecule has 1 N–H and O–H groups in total. The van der Waals surface area contributed by atoms with Crippen LogP contribution in [0, 0.1) is 5.82 Å². The molecule has 0 saturated carbocycles. The van der Waals surface area contributed by atoms with E-state index < -0.39 is 11.8 Å². The van der Waals surface area contributed by atoms with E-state index >= 15 is 0 Å². The van der Waals surface area contributed by atoms with E-state index in [0.29, 0.717) is 12.2 Å². The third-order valence-corrected chi connectivity index (χ3v) is 3.14. The lowest BCUT2D eigenvalue weighted by atomic mass is 10.1. The molecule has 0 spiro atoms. The van der Waals surface area contributed by atoms with Crippen LogP contribution in [0.2, 0.25) is 0 Å². The molecule has 0 bridgehead atoms. The number of benzene rings is 1. The summed E-state index contributed by atoms with van der Waals surface area (Å²) in [5.41, 5.74) is 0.425. The molecule has 1 saturated heterocycles. The van der Waals surface area contributed by atoms with Crippen LogP contribution in [-0.2, 0) is 16.1 Å². The Bertz CT molecular complexity index is 441. The van der Waals surface area contributed by atoms with Gasteiger partial charge in [0.25, 0.3) is 0 Å². The van der Waals surface area contributed by atoms with Crippen molar-refractivity contribution in [3.05, 3.63) is 35.1 Å². The molecule has 0 radical (unpaired) electrons. The number of halogens is 1. The molecule has 19 heavy (non-hydrogen) atoms. The first-order valence-electron chi connectivity index (χ1n) is 6.38. The van der Waals surface area contributed by atoms with Crippen LogP contribution in [0.3, 0.4) is 0 Å². The summed E-state index contributed by atoms with van der Waals surface area (Å²) < 4.78 is 24.0. The van der Waals surface area contributed by atoms with E-state index in [4.69, 9.17) is 14.6 Å². The van der Waals surface area contributed by atoms with Crippen LogP contribution >= 0.6 is 0 Å². The molecular formula is C14H17FO4. The normalized spacial score (nSPS) is 19.3. The Kier molecular flexibility index (Phi) is 4.87. The van der Waals surface area contributed by atoms with Gasteiger partial charge < -0.3 is 14.6 Å². The zero-order valence-electron chi connectivity index (χ0n) is 10.6. The van der Waals surface area contributed by atoms with E-state index in [1.54, 1.807) is 0 Å². The second-order valence-electron chi connectivity index (χ2n) is 4.61. The fourth-order valence-corrected chi connectivity index (χ4v) is 2.11. The molecule has 0 amide bonds. The van der Waals surface area contributed by atoms with Crippen LogP contribution in [0.5, 0.6) is 0 Å². The highest BCUT2D eigenvalue weighted by Gasteiger charge is 2.15. The number of carboxylic acids is 1. The van der Waals surface area contributed by atoms with Crippen molar-refractivity contribution < 1.29 is 23.8 Å². The summed E-state index contributed by atoms with van der Waals surface area (Å²) >= 11 is 0. The zero-order valence-corrected chi connectivity index (χ0v) is 10.6. The van der Waals surface area contributed by atoms with E-state index in [1.807, 2.05) is 0 Å². The molecule has 0 aliphatic carbocycles. The Labute approximate surface area is 111 Å². The fourth-order valence-electron chi connectivity index (χ4n) is 2.11. The maximum atomic E-state index is 13.0. The zero-order chi connectivity index (χ0) is 13.7. The van der Waals surface area contributed by atoms with Gasteiger partial charge in [0, 0.05) is 6.61 Å². The third-order valence-electron chi connectivity index (χ3n) is 3.14. The summed E-state index contributed by atoms with van der Waals surface area (Å²) in [7, 11) is 0. The van der Waals surface area contributed by atoms with Crippen molar-refractivity contribution in [2.45, 2.75) is 32.0 Å². The van der Waals surface area contributed by atoms with Gasteiger partial charge in [-0.3, -0.25) is 0 Å². The predicted molar refractivity (Wildman–Crippen MR) is 66.6 cm³/mol. The Balaban J connectivity index is 1.89. The lowest BCUT2D eigenvalue weighted by Gasteiger charge is -2.22. The van der Waals surface area contributed by atoms with Crippen molar-refractivity contribution in [1.29, 1.82) is 0 Å². The van der Waals surface area contributed by atoms with Gasteiger partial charge in [0.05, 0.1) is 24.9 Å². The van der Waals surface area contributed by atoms with Gasteiger partial charge >= 0.3 is 5.97 Å². The molecule has 1 heterocycles. The van der Waals surface area contributed by atoms with Crippen molar-refractivity contribution in [2.24, 2.45) is 0 Å². The minimum Gasteiger partial charge on any atom is -0.478 e. The second-order valence-corrected chi connectivity index (χ2v) is 4.61. The van der Waals surface area contributed by atoms with Crippen LogP contribution in [0.4, 0.5) is 4.39 Å². The number of carbonyl (C=O) groups is 1. The Morgan fingerprint density at radius 2 is 2.32 bits per heavy atom. The van der Waals surface area contributed by atoms with Gasteiger partial charge in [0.15, 0.2) is 0 Å². The molecule has 1 aromatic carbocycles. The van der Waals surface area contributed by atoms with Gasteiger partial charge in [-0.25, -0.2) is 9.18 Å². The first kappa shape index (κ1) is 14.0. The van der Waals surface area contributed by atoms with E-state index in [9.17, 15) is 9.18 Å². The Morgan fingerprint density at radius 1 is 1.47 bits per heavy atom. The number of rotatable bonds is 5. The highest BCUT2D eigenvalue weighted by Crippen LogP contribution is 2.16. The Morgan fingerprint density at radius 3 is 3.00 bits per heavy atom. The van der Waals surface area contributed by atoms with Crippen molar-refractivity contribution in [3.63, 3.8) is 0 Å². The summed E-state index contributed by atoms with van der Waals surface area (Å²) in [6, 6.07) is 3.70. The van der Waals surface area contributed by atoms with Crippen LogP contribution in [-0.4, -0.2) is 30.4 Å². The van der Waals surface area contributed by atoms with Gasteiger partial charge in [0.2, 0.25) is 0 Å². The fraction of sp³-hybridized carbons (Fsp3) is 0.500. The van der Waals surface area contributed by atoms with E-state index in [1.165, 1.54) is 12.1 Å². The summed E-state index contributed by atoms with van der Waals surface area (Å²) in [4.78, 5) is 11.0. The molecule has 1 aliphatic rings. The van der Waals surface area contributed by atoms with E-state index in [2.05, 4.69) is 0 Å². The number of aromatic carboxylic acids is 1. The van der Waals surface area contributed by atoms with Gasteiger partial charge in [-0.1, -0.05) is 6.07 Å². The first-order chi connectivity index (χ1) is 9.16. The van der Waals surface area contributed by atoms with Gasteiger partial charge in [0.1, 0.15) is 5.82 Å². The maximum Gasteiger partial charge on any atom is 0.336 e. The topological polar surface area (TPSA) is 55.8 Å². The van der Waals surface area contributed by atoms with Crippen LogP contribution in [0.15, 0.2) is 18.2 Å². The summed E-state index contributed by atoms with van der Waals surface area (Å²) in [6.07, 6.45) is 3.26. The van der Waals surface area contributed by atoms with Crippen molar-refractivity contribution in [1.82, 2.24) is 0 Å². The summed E-state index contributed by atoms with van der Waals surface area (Å²) in [5, 5.41) is 8.99. The number of carboxylic acid groups (broad SMARTS) is 1. The molecule has 4 nitrogen and oxygen atoms in total. The number of hydrogen-bond donors (Lipinski definition) is 1. The largest absolute Gasteiger partial charge is 0.478 e. The third kappa shape index (κ3) is 4.01. The SMILES string of the molecule is O=C(O)c1cc(F)ccc1COCC1CCCCO1. The summed E-state index contributed by atoms with van der Waals surface area (Å²) in [6.45, 7) is 1.35. The maximum absolute atomic E-state index is 13.0. The van der Waals surface area contributed by atoms with E-state index in [-0.39, 0.29) is 18.3 Å². The predicted octanol–water partition coefficient (Wildman–Crippen LogP) is 2.61. The smallest absolute Gasteiger partial charge is 0.336 e. The van der Waals surface area contributed by atoms with E-state index in [0.717, 1.165) is 31.9 Å². The molecule has 1 atom stereocenters. The first-order valence-corrected chi connectivity index (χ1v) is 6.38. The average molecular weight is 268 g/mol. The van der Waals surface area contributed by atoms with Crippen LogP contribution < -0.4 is 0 Å². The molecule has 2 rings (SSSR count). The molecule has 0 aromatic heterocycles. The number of hydrogen-bond acceptors (Lipinski definition) is 3. The summed E-state index contributed by atoms with van der Waals surface area (Å²) in [5.74, 6) is -1.70. The van der Waals surface area contributed by atoms with Gasteiger partial charge in [-0.05, 0) is 37.0 Å². The molecule has 1 aromatic rings. The van der Waals surface area contributed by atoms with Crippen molar-refractivity contribution in [3.8, 4) is 0 Å². The highest BCUT2D eigenvalue weighted by atomic mass is 19.1. The monoisotopic (exact) mass is 268 g/mol. The molecular weight excluding hydrogens is 251 g/mol. The minimum absolute atomic E-state index is 0.0513. The number of ether oxygens (including phenoxy) is 2. The van der Waals surface area contributed by atoms with Crippen LogP contribution in [0.25, 0.3) is 0 Å². The highest BCUT2D eigenvalue weighted by molar-refractivity contribution is 5.89. The van der Waals surface area contributed by atoms with Crippen molar-refractivity contribution >= 4 is 5.97 Å². The minimum atomic E-state index is -1.15. The molecule has 104 valence electrons. The quantitative estimate of drug-likeness (QED) is 0.891. The van der Waals surface area contributed by atoms with Gasteiger partial charge in [-0.2, -0.15) is 0 Å². The second kappa shape index (κ2) is 6.63.